The quantitative estimate of drug-likeness (QED) is 0.468. The Kier molecular flexibility index (Phi) is 5.20. The molecule has 0 saturated carbocycles. The minimum Gasteiger partial charge on any atom is -0.508 e. The minimum atomic E-state index is -0.946. The van der Waals surface area contributed by atoms with E-state index in [1.807, 2.05) is 0 Å². The number of carboxylic acids is 1. The predicted molar refractivity (Wildman–Crippen MR) is 98.3 cm³/mol. The van der Waals surface area contributed by atoms with Crippen LogP contribution in [0.15, 0.2) is 42.6 Å². The van der Waals surface area contributed by atoms with Crippen LogP contribution in [0.4, 0.5) is 5.95 Å². The first-order valence-electron chi connectivity index (χ1n) is 8.31. The molecule has 3 rings (SSSR count). The summed E-state index contributed by atoms with van der Waals surface area (Å²) in [7, 11) is 0. The predicted octanol–water partition coefficient (Wildman–Crippen LogP) is 1.29. The Labute approximate surface area is 154 Å². The van der Waals surface area contributed by atoms with E-state index in [0.717, 1.165) is 5.56 Å². The number of aromatic hydroxyl groups is 1. The number of anilines is 1. The second kappa shape index (κ2) is 7.73. The molecule has 2 aromatic heterocycles. The highest BCUT2D eigenvalue weighted by Gasteiger charge is 2.25. The molecule has 0 bridgehead atoms. The lowest BCUT2D eigenvalue weighted by atomic mass is 10.0. The number of amides is 1. The first kappa shape index (κ1) is 18.2. The van der Waals surface area contributed by atoms with E-state index in [1.54, 1.807) is 35.0 Å². The monoisotopic (exact) mass is 369 g/mol. The summed E-state index contributed by atoms with van der Waals surface area (Å²) in [6, 6.07) is 9.15. The Hall–Kier alpha value is -3.62. The lowest BCUT2D eigenvalue weighted by Gasteiger charge is -2.19. The average Bonchev–Trinajstić information content (AvgIpc) is 2.98. The molecule has 27 heavy (non-hydrogen) atoms. The number of imidazole rings is 1. The van der Waals surface area contributed by atoms with Crippen LogP contribution in [0.2, 0.25) is 0 Å². The second-order valence-electron chi connectivity index (χ2n) is 6.01. The average molecular weight is 369 g/mol. The summed E-state index contributed by atoms with van der Waals surface area (Å²) < 4.78 is 1.59. The number of rotatable bonds is 8. The summed E-state index contributed by atoms with van der Waals surface area (Å²) in [5, 5.41) is 21.2. The first-order chi connectivity index (χ1) is 13.0. The van der Waals surface area contributed by atoms with Crippen molar-refractivity contribution in [3.05, 3.63) is 48.2 Å². The molecule has 0 aliphatic heterocycles. The molecule has 1 aromatic carbocycles. The molecule has 9 heteroatoms. The number of hydrogen-bond acceptors (Lipinski definition) is 6. The SMILES string of the molecule is NC(=O)C(Cc1ccc(O)cc1)n1c(NCCC(=O)O)nc2cccnc21. The van der Waals surface area contributed by atoms with E-state index in [-0.39, 0.29) is 25.1 Å². The van der Waals surface area contributed by atoms with Crippen LogP contribution in [0.25, 0.3) is 11.2 Å². The van der Waals surface area contributed by atoms with Crippen molar-refractivity contribution in [3.8, 4) is 5.75 Å². The van der Waals surface area contributed by atoms with Gasteiger partial charge in [-0.2, -0.15) is 0 Å². The van der Waals surface area contributed by atoms with E-state index < -0.39 is 17.9 Å². The third-order valence-corrected chi connectivity index (χ3v) is 4.08. The molecule has 2 heterocycles. The van der Waals surface area contributed by atoms with Gasteiger partial charge in [-0.1, -0.05) is 12.1 Å². The Morgan fingerprint density at radius 3 is 2.63 bits per heavy atom. The van der Waals surface area contributed by atoms with Gasteiger partial charge in [-0.05, 0) is 29.8 Å². The Balaban J connectivity index is 2.00. The molecule has 0 fully saturated rings. The molecule has 0 saturated heterocycles. The van der Waals surface area contributed by atoms with E-state index in [0.29, 0.717) is 17.1 Å². The van der Waals surface area contributed by atoms with Crippen LogP contribution < -0.4 is 11.1 Å². The normalized spacial score (nSPS) is 12.0. The summed E-state index contributed by atoms with van der Waals surface area (Å²) in [6.07, 6.45) is 1.75. The number of phenolic OH excluding ortho intramolecular Hbond substituents is 1. The number of hydrogen-bond donors (Lipinski definition) is 4. The third kappa shape index (κ3) is 4.14. The molecular formula is C18H19N5O4. The highest BCUT2D eigenvalue weighted by Crippen LogP contribution is 2.26. The summed E-state index contributed by atoms with van der Waals surface area (Å²) in [6.45, 7) is 0.142. The number of fused-ring (bicyclic) bond motifs is 1. The van der Waals surface area contributed by atoms with Crippen molar-refractivity contribution >= 4 is 29.0 Å². The highest BCUT2D eigenvalue weighted by atomic mass is 16.4. The molecule has 0 radical (unpaired) electrons. The van der Waals surface area contributed by atoms with Crippen molar-refractivity contribution in [2.45, 2.75) is 18.9 Å². The van der Waals surface area contributed by atoms with Gasteiger partial charge in [-0.3, -0.25) is 14.2 Å². The van der Waals surface area contributed by atoms with Gasteiger partial charge in [-0.15, -0.1) is 0 Å². The number of carbonyl (C=O) groups excluding carboxylic acids is 1. The zero-order valence-corrected chi connectivity index (χ0v) is 14.4. The van der Waals surface area contributed by atoms with Crippen molar-refractivity contribution < 1.29 is 19.8 Å². The molecule has 0 aliphatic carbocycles. The number of nitrogens with zero attached hydrogens (tertiary/aromatic N) is 3. The van der Waals surface area contributed by atoms with Crippen LogP contribution in [0.5, 0.6) is 5.75 Å². The van der Waals surface area contributed by atoms with Crippen LogP contribution >= 0.6 is 0 Å². The largest absolute Gasteiger partial charge is 0.508 e. The number of carboxylic acid groups (broad SMARTS) is 1. The molecule has 0 spiro atoms. The Morgan fingerprint density at radius 1 is 1.22 bits per heavy atom. The summed E-state index contributed by atoms with van der Waals surface area (Å²) in [5.74, 6) is -1.07. The topological polar surface area (TPSA) is 143 Å². The van der Waals surface area contributed by atoms with Gasteiger partial charge in [0.25, 0.3) is 0 Å². The van der Waals surface area contributed by atoms with Crippen molar-refractivity contribution in [2.75, 3.05) is 11.9 Å². The van der Waals surface area contributed by atoms with Crippen LogP contribution in [-0.4, -0.2) is 43.2 Å². The van der Waals surface area contributed by atoms with Gasteiger partial charge < -0.3 is 21.3 Å². The van der Waals surface area contributed by atoms with Gasteiger partial charge in [-0.25, -0.2) is 9.97 Å². The molecule has 140 valence electrons. The summed E-state index contributed by atoms with van der Waals surface area (Å²) in [4.78, 5) is 31.7. The number of aliphatic carboxylic acids is 1. The molecule has 3 aromatic rings. The van der Waals surface area contributed by atoms with Crippen molar-refractivity contribution in [2.24, 2.45) is 5.73 Å². The smallest absolute Gasteiger partial charge is 0.305 e. The molecule has 1 amide bonds. The summed E-state index contributed by atoms with van der Waals surface area (Å²) in [5.41, 5.74) is 7.49. The first-order valence-corrected chi connectivity index (χ1v) is 8.31. The van der Waals surface area contributed by atoms with Gasteiger partial charge in [0, 0.05) is 19.2 Å². The maximum atomic E-state index is 12.2. The van der Waals surface area contributed by atoms with Crippen LogP contribution in [-0.2, 0) is 16.0 Å². The van der Waals surface area contributed by atoms with Gasteiger partial charge >= 0.3 is 5.97 Å². The van der Waals surface area contributed by atoms with Gasteiger partial charge in [0.2, 0.25) is 11.9 Å². The fourth-order valence-corrected chi connectivity index (χ4v) is 2.81. The maximum absolute atomic E-state index is 12.2. The van der Waals surface area contributed by atoms with Crippen molar-refractivity contribution in [1.82, 2.24) is 14.5 Å². The summed E-state index contributed by atoms with van der Waals surface area (Å²) >= 11 is 0. The number of nitrogens with two attached hydrogens (primary N) is 1. The highest BCUT2D eigenvalue weighted by molar-refractivity contribution is 5.83. The number of phenols is 1. The fraction of sp³-hybridized carbons (Fsp3) is 0.222. The third-order valence-electron chi connectivity index (χ3n) is 4.08. The van der Waals surface area contributed by atoms with E-state index >= 15 is 0 Å². The van der Waals surface area contributed by atoms with Gasteiger partial charge in [0.15, 0.2) is 5.65 Å². The van der Waals surface area contributed by atoms with E-state index in [1.165, 1.54) is 12.1 Å². The number of pyridine rings is 1. The molecule has 0 aliphatic rings. The molecule has 1 unspecified atom stereocenters. The molecular weight excluding hydrogens is 350 g/mol. The van der Waals surface area contributed by atoms with Gasteiger partial charge in [0.05, 0.1) is 6.42 Å². The zero-order chi connectivity index (χ0) is 19.4. The fourth-order valence-electron chi connectivity index (χ4n) is 2.81. The van der Waals surface area contributed by atoms with Crippen molar-refractivity contribution in [3.63, 3.8) is 0 Å². The van der Waals surface area contributed by atoms with Crippen LogP contribution in [0, 0.1) is 0 Å². The number of benzene rings is 1. The number of primary amides is 1. The van der Waals surface area contributed by atoms with Crippen molar-refractivity contribution in [1.29, 1.82) is 0 Å². The zero-order valence-electron chi connectivity index (χ0n) is 14.4. The minimum absolute atomic E-state index is 0.101. The second-order valence-corrected chi connectivity index (χ2v) is 6.01. The van der Waals surface area contributed by atoms with E-state index in [9.17, 15) is 14.7 Å². The number of aromatic nitrogens is 3. The molecule has 9 nitrogen and oxygen atoms in total. The Morgan fingerprint density at radius 2 is 1.96 bits per heavy atom. The number of carbonyl (C=O) groups is 2. The van der Waals surface area contributed by atoms with E-state index in [2.05, 4.69) is 15.3 Å². The van der Waals surface area contributed by atoms with E-state index in [4.69, 9.17) is 10.8 Å². The lowest BCUT2D eigenvalue weighted by molar-refractivity contribution is -0.136. The standard InChI is InChI=1S/C18H19N5O4/c19-16(27)14(10-11-3-5-12(24)6-4-11)23-17-13(2-1-8-20-17)22-18(23)21-9-7-15(25)26/h1-6,8,14,24H,7,9-10H2,(H2,19,27)(H,21,22)(H,25,26). The van der Waals surface area contributed by atoms with Gasteiger partial charge in [0.1, 0.15) is 17.3 Å². The number of nitrogens with one attached hydrogen (secondary N) is 1. The van der Waals surface area contributed by atoms with Crippen LogP contribution in [0.3, 0.4) is 0 Å². The maximum Gasteiger partial charge on any atom is 0.305 e. The molecule has 5 N–H and O–H groups in total. The van der Waals surface area contributed by atoms with Crippen LogP contribution in [0.1, 0.15) is 18.0 Å². The lowest BCUT2D eigenvalue weighted by Crippen LogP contribution is -2.29. The molecule has 1 atom stereocenters. The Bertz CT molecular complexity index is 968.